The van der Waals surface area contributed by atoms with Crippen LogP contribution in [0.1, 0.15) is 5.89 Å². The molecule has 0 aliphatic carbocycles. The molecule has 0 amide bonds. The molecule has 0 bridgehead atoms. The molecule has 0 saturated heterocycles. The second-order valence-electron chi connectivity index (χ2n) is 3.91. The summed E-state index contributed by atoms with van der Waals surface area (Å²) < 4.78 is 43.0. The number of aryl methyl sites for hydroxylation is 1. The third-order valence-electron chi connectivity index (χ3n) is 2.64. The van der Waals surface area contributed by atoms with E-state index in [2.05, 4.69) is 19.8 Å². The van der Waals surface area contributed by atoms with E-state index in [4.69, 9.17) is 0 Å². The Balaban J connectivity index is 2.17. The fourth-order valence-electron chi connectivity index (χ4n) is 1.81. The average molecular weight is 268 g/mol. The van der Waals surface area contributed by atoms with Crippen LogP contribution in [0.25, 0.3) is 22.4 Å². The van der Waals surface area contributed by atoms with Crippen molar-refractivity contribution in [3.05, 3.63) is 30.2 Å². The summed E-state index contributed by atoms with van der Waals surface area (Å²) in [7, 11) is 1.69. The van der Waals surface area contributed by atoms with Crippen molar-refractivity contribution in [1.29, 1.82) is 0 Å². The smallest absolute Gasteiger partial charge is 0.329 e. The number of nitrogens with zero attached hydrogens (tertiary/aromatic N) is 4. The number of fused-ring (bicyclic) bond motifs is 1. The molecule has 0 spiro atoms. The molecule has 0 radical (unpaired) electrons. The first kappa shape index (κ1) is 11.7. The first-order valence-electron chi connectivity index (χ1n) is 5.30. The van der Waals surface area contributed by atoms with E-state index in [-0.39, 0.29) is 11.5 Å². The van der Waals surface area contributed by atoms with Crippen LogP contribution in [0.3, 0.4) is 0 Å². The van der Waals surface area contributed by atoms with E-state index in [1.54, 1.807) is 29.9 Å². The van der Waals surface area contributed by atoms with Crippen LogP contribution in [0.15, 0.2) is 28.8 Å². The van der Waals surface area contributed by atoms with Gasteiger partial charge in [0.1, 0.15) is 5.69 Å². The highest BCUT2D eigenvalue weighted by Crippen LogP contribution is 2.31. The molecule has 3 rings (SSSR count). The van der Waals surface area contributed by atoms with E-state index in [0.717, 1.165) is 5.52 Å². The van der Waals surface area contributed by atoms with Gasteiger partial charge in [0.2, 0.25) is 5.82 Å². The van der Waals surface area contributed by atoms with Crippen LogP contribution < -0.4 is 0 Å². The molecule has 0 aliphatic heterocycles. The number of aromatic nitrogens is 4. The summed E-state index contributed by atoms with van der Waals surface area (Å²) in [4.78, 5) is 3.34. The highest BCUT2D eigenvalue weighted by molar-refractivity contribution is 5.91. The molecule has 0 unspecified atom stereocenters. The molecule has 0 saturated carbocycles. The molecule has 19 heavy (non-hydrogen) atoms. The third-order valence-corrected chi connectivity index (χ3v) is 2.64. The van der Waals surface area contributed by atoms with E-state index >= 15 is 0 Å². The number of alkyl halides is 3. The zero-order valence-corrected chi connectivity index (χ0v) is 9.64. The topological polar surface area (TPSA) is 56.7 Å². The molecule has 0 aliphatic rings. The van der Waals surface area contributed by atoms with Gasteiger partial charge in [0.15, 0.2) is 0 Å². The van der Waals surface area contributed by atoms with Crippen molar-refractivity contribution >= 4 is 10.9 Å². The van der Waals surface area contributed by atoms with Crippen LogP contribution in [0.2, 0.25) is 0 Å². The fraction of sp³-hybridized carbons (Fsp3) is 0.182. The Morgan fingerprint density at radius 3 is 2.63 bits per heavy atom. The Morgan fingerprint density at radius 2 is 1.95 bits per heavy atom. The summed E-state index contributed by atoms with van der Waals surface area (Å²) in [6, 6.07) is 7.11. The van der Waals surface area contributed by atoms with E-state index in [1.165, 1.54) is 0 Å². The maximum absolute atomic E-state index is 12.4. The van der Waals surface area contributed by atoms with Gasteiger partial charge < -0.3 is 4.52 Å². The van der Waals surface area contributed by atoms with Crippen molar-refractivity contribution in [1.82, 2.24) is 19.9 Å². The van der Waals surface area contributed by atoms with Crippen molar-refractivity contribution in [2.75, 3.05) is 0 Å². The average Bonchev–Trinajstić information content (AvgIpc) is 2.94. The van der Waals surface area contributed by atoms with Gasteiger partial charge in [-0.05, 0) is 6.07 Å². The number of rotatable bonds is 1. The molecular formula is C11H7F3N4O. The van der Waals surface area contributed by atoms with E-state index in [1.807, 2.05) is 6.07 Å². The lowest BCUT2D eigenvalue weighted by atomic mass is 10.2. The molecule has 0 N–H and O–H groups in total. The van der Waals surface area contributed by atoms with Crippen LogP contribution in [-0.2, 0) is 13.2 Å². The minimum absolute atomic E-state index is 0.177. The van der Waals surface area contributed by atoms with Crippen LogP contribution in [0.4, 0.5) is 13.2 Å². The van der Waals surface area contributed by atoms with Crippen molar-refractivity contribution in [2.24, 2.45) is 7.05 Å². The standard InChI is InChI=1S/C11H7F3N4O/c1-18-7-5-3-2-4-6(7)8(16-18)9-15-10(19-17-9)11(12,13)14/h2-5H,1H3. The molecule has 5 nitrogen and oxygen atoms in total. The Hall–Kier alpha value is -2.38. The third kappa shape index (κ3) is 1.85. The number of hydrogen-bond acceptors (Lipinski definition) is 4. The van der Waals surface area contributed by atoms with Crippen LogP contribution in [0, 0.1) is 0 Å². The Kier molecular flexibility index (Phi) is 2.34. The molecule has 0 fully saturated rings. The van der Waals surface area contributed by atoms with Gasteiger partial charge in [-0.1, -0.05) is 23.4 Å². The van der Waals surface area contributed by atoms with Crippen molar-refractivity contribution < 1.29 is 17.7 Å². The largest absolute Gasteiger partial charge is 0.471 e. The van der Waals surface area contributed by atoms with Crippen LogP contribution in [0.5, 0.6) is 0 Å². The van der Waals surface area contributed by atoms with Gasteiger partial charge in [-0.25, -0.2) is 0 Å². The lowest BCUT2D eigenvalue weighted by molar-refractivity contribution is -0.159. The first-order valence-corrected chi connectivity index (χ1v) is 5.30. The minimum Gasteiger partial charge on any atom is -0.329 e. The molecule has 3 aromatic rings. The summed E-state index contributed by atoms with van der Waals surface area (Å²) >= 11 is 0. The summed E-state index contributed by atoms with van der Waals surface area (Å²) in [5.41, 5.74) is 1.04. The van der Waals surface area contributed by atoms with Crippen molar-refractivity contribution in [2.45, 2.75) is 6.18 Å². The predicted octanol–water partition coefficient (Wildman–Crippen LogP) is 2.64. The molecule has 0 atom stereocenters. The fourth-order valence-corrected chi connectivity index (χ4v) is 1.81. The molecular weight excluding hydrogens is 261 g/mol. The number of halogens is 3. The van der Waals surface area contributed by atoms with Gasteiger partial charge in [-0.15, -0.1) is 0 Å². The number of hydrogen-bond donors (Lipinski definition) is 0. The van der Waals surface area contributed by atoms with E-state index in [9.17, 15) is 13.2 Å². The zero-order chi connectivity index (χ0) is 13.6. The van der Waals surface area contributed by atoms with Crippen LogP contribution >= 0.6 is 0 Å². The summed E-state index contributed by atoms with van der Waals surface area (Å²) in [5.74, 6) is -1.55. The summed E-state index contributed by atoms with van der Waals surface area (Å²) in [6.45, 7) is 0. The van der Waals surface area contributed by atoms with Gasteiger partial charge in [0.05, 0.1) is 5.52 Å². The molecule has 8 heteroatoms. The van der Waals surface area contributed by atoms with Gasteiger partial charge in [0, 0.05) is 12.4 Å². The molecule has 2 aromatic heterocycles. The van der Waals surface area contributed by atoms with Gasteiger partial charge in [-0.3, -0.25) is 4.68 Å². The van der Waals surface area contributed by atoms with Crippen LogP contribution in [-0.4, -0.2) is 19.9 Å². The van der Waals surface area contributed by atoms with Gasteiger partial charge >= 0.3 is 12.1 Å². The lowest BCUT2D eigenvalue weighted by Crippen LogP contribution is -2.04. The summed E-state index contributed by atoms with van der Waals surface area (Å²) in [6.07, 6.45) is -4.66. The molecule has 1 aromatic carbocycles. The SMILES string of the molecule is Cn1nc(-c2noc(C(F)(F)F)n2)c2ccccc21. The molecule has 98 valence electrons. The maximum Gasteiger partial charge on any atom is 0.471 e. The molecule has 2 heterocycles. The van der Waals surface area contributed by atoms with Gasteiger partial charge in [-0.2, -0.15) is 23.3 Å². The second kappa shape index (κ2) is 3.81. The normalized spacial score (nSPS) is 12.2. The van der Waals surface area contributed by atoms with Gasteiger partial charge in [0.25, 0.3) is 0 Å². The first-order chi connectivity index (χ1) is 8.97. The zero-order valence-electron chi connectivity index (χ0n) is 9.64. The number of benzene rings is 1. The predicted molar refractivity (Wildman–Crippen MR) is 59.0 cm³/mol. The number of para-hydroxylation sites is 1. The lowest BCUT2D eigenvalue weighted by Gasteiger charge is -1.95. The van der Waals surface area contributed by atoms with Crippen molar-refractivity contribution in [3.63, 3.8) is 0 Å². The Bertz CT molecular complexity index is 744. The minimum atomic E-state index is -4.66. The monoisotopic (exact) mass is 268 g/mol. The highest BCUT2D eigenvalue weighted by Gasteiger charge is 2.38. The van der Waals surface area contributed by atoms with E-state index < -0.39 is 12.1 Å². The quantitative estimate of drug-likeness (QED) is 0.680. The second-order valence-corrected chi connectivity index (χ2v) is 3.91. The summed E-state index contributed by atoms with van der Waals surface area (Å²) in [5, 5.41) is 8.12. The van der Waals surface area contributed by atoms with E-state index in [0.29, 0.717) is 5.39 Å². The van der Waals surface area contributed by atoms with Crippen molar-refractivity contribution in [3.8, 4) is 11.5 Å². The highest BCUT2D eigenvalue weighted by atomic mass is 19.4. The maximum atomic E-state index is 12.4. The Morgan fingerprint density at radius 1 is 1.21 bits per heavy atom. The Labute approximate surface area is 104 Å².